The number of hydrogen-bond acceptors (Lipinski definition) is 5. The van der Waals surface area contributed by atoms with Gasteiger partial charge < -0.3 is 5.11 Å². The lowest BCUT2D eigenvalue weighted by molar-refractivity contribution is 0.205. The smallest absolute Gasteiger partial charge is 0.230 e. The van der Waals surface area contributed by atoms with Crippen LogP contribution in [0.25, 0.3) is 4.96 Å². The average Bonchev–Trinajstić information content (AvgIpc) is 3.29. The van der Waals surface area contributed by atoms with Gasteiger partial charge in [-0.15, -0.1) is 5.10 Å². The van der Waals surface area contributed by atoms with Crippen LogP contribution in [-0.2, 0) is 19.4 Å². The van der Waals surface area contributed by atoms with Gasteiger partial charge in [0, 0.05) is 24.5 Å². The molecule has 0 saturated heterocycles. The van der Waals surface area contributed by atoms with Crippen LogP contribution in [0.2, 0.25) is 5.02 Å². The highest BCUT2D eigenvalue weighted by molar-refractivity contribution is 7.17. The number of halogens is 1. The minimum absolute atomic E-state index is 0.154. The number of hydrogen-bond donors (Lipinski definition) is 1. The molecule has 0 spiro atoms. The van der Waals surface area contributed by atoms with E-state index in [9.17, 15) is 5.11 Å². The topological polar surface area (TPSA) is 53.7 Å². The van der Waals surface area contributed by atoms with E-state index in [0.717, 1.165) is 42.2 Å². The molecule has 2 aromatic heterocycles. The summed E-state index contributed by atoms with van der Waals surface area (Å²) in [6.07, 6.45) is 1.71. The third-order valence-corrected chi connectivity index (χ3v) is 6.95. The van der Waals surface area contributed by atoms with Gasteiger partial charge in [-0.3, -0.25) is 4.90 Å². The van der Waals surface area contributed by atoms with E-state index in [4.69, 9.17) is 11.6 Å². The van der Waals surface area contributed by atoms with E-state index in [1.807, 2.05) is 31.2 Å². The predicted molar refractivity (Wildman–Crippen MR) is 116 cm³/mol. The molecule has 5 rings (SSSR count). The van der Waals surface area contributed by atoms with Crippen LogP contribution in [0.5, 0.6) is 5.88 Å². The predicted octanol–water partition coefficient (Wildman–Crippen LogP) is 4.86. The van der Waals surface area contributed by atoms with Crippen molar-refractivity contribution >= 4 is 27.9 Å². The van der Waals surface area contributed by atoms with Gasteiger partial charge in [0.2, 0.25) is 10.8 Å². The molecule has 5 nitrogen and oxygen atoms in total. The number of aromatic nitrogens is 3. The van der Waals surface area contributed by atoms with Gasteiger partial charge in [-0.1, -0.05) is 72.3 Å². The fourth-order valence-corrected chi connectivity index (χ4v) is 5.42. The molecule has 4 aromatic rings. The van der Waals surface area contributed by atoms with Crippen LogP contribution < -0.4 is 0 Å². The first kappa shape index (κ1) is 18.6. The van der Waals surface area contributed by atoms with E-state index in [2.05, 4.69) is 39.2 Å². The summed E-state index contributed by atoms with van der Waals surface area (Å²) >= 11 is 8.11. The molecule has 148 valence electrons. The third-order valence-electron chi connectivity index (χ3n) is 5.53. The summed E-state index contributed by atoms with van der Waals surface area (Å²) in [5.74, 6) is 0.889. The largest absolute Gasteiger partial charge is 0.492 e. The molecule has 1 aliphatic heterocycles. The summed E-state index contributed by atoms with van der Waals surface area (Å²) in [6.45, 7) is 3.70. The number of rotatable bonds is 4. The Kier molecular flexibility index (Phi) is 4.78. The van der Waals surface area contributed by atoms with Crippen molar-refractivity contribution in [1.29, 1.82) is 0 Å². The number of aryl methyl sites for hydroxylation is 1. The number of aromatic hydroxyl groups is 1. The molecule has 7 heteroatoms. The first-order valence-corrected chi connectivity index (χ1v) is 11.0. The Morgan fingerprint density at radius 3 is 2.66 bits per heavy atom. The summed E-state index contributed by atoms with van der Waals surface area (Å²) in [5, 5.41) is 16.2. The van der Waals surface area contributed by atoms with Gasteiger partial charge in [-0.25, -0.2) is 4.98 Å². The monoisotopic (exact) mass is 424 g/mol. The van der Waals surface area contributed by atoms with Gasteiger partial charge in [0.25, 0.3) is 0 Å². The summed E-state index contributed by atoms with van der Waals surface area (Å²) < 4.78 is 1.56. The van der Waals surface area contributed by atoms with E-state index in [1.165, 1.54) is 22.5 Å². The highest BCUT2D eigenvalue weighted by atomic mass is 35.5. The molecule has 29 heavy (non-hydrogen) atoms. The van der Waals surface area contributed by atoms with E-state index < -0.39 is 0 Å². The molecule has 0 radical (unpaired) electrons. The van der Waals surface area contributed by atoms with Gasteiger partial charge in [0.1, 0.15) is 0 Å². The normalized spacial score (nSPS) is 15.5. The third kappa shape index (κ3) is 3.21. The molecule has 0 fully saturated rings. The Bertz CT molecular complexity index is 1180. The second-order valence-electron chi connectivity index (χ2n) is 7.28. The lowest BCUT2D eigenvalue weighted by Crippen LogP contribution is -2.34. The molecular formula is C22H21ClN4OS. The maximum atomic E-state index is 11.0. The first-order chi connectivity index (χ1) is 14.2. The highest BCUT2D eigenvalue weighted by Crippen LogP contribution is 2.43. The van der Waals surface area contributed by atoms with Crippen LogP contribution in [0.3, 0.4) is 0 Å². The molecule has 1 atom stereocenters. The quantitative estimate of drug-likeness (QED) is 0.508. The van der Waals surface area contributed by atoms with Crippen molar-refractivity contribution in [1.82, 2.24) is 19.5 Å². The zero-order valence-electron chi connectivity index (χ0n) is 16.0. The fraction of sp³-hybridized carbons (Fsp3) is 0.273. The molecular weight excluding hydrogens is 404 g/mol. The van der Waals surface area contributed by atoms with E-state index in [-0.39, 0.29) is 11.9 Å². The Labute approximate surface area is 178 Å². The van der Waals surface area contributed by atoms with Crippen LogP contribution in [-0.4, -0.2) is 31.1 Å². The van der Waals surface area contributed by atoms with Gasteiger partial charge >= 0.3 is 0 Å². The maximum Gasteiger partial charge on any atom is 0.230 e. The fourth-order valence-electron chi connectivity index (χ4n) is 4.06. The van der Waals surface area contributed by atoms with Crippen molar-refractivity contribution in [3.05, 3.63) is 80.9 Å². The maximum absolute atomic E-state index is 11.0. The highest BCUT2D eigenvalue weighted by Gasteiger charge is 2.32. The van der Waals surface area contributed by atoms with Crippen LogP contribution in [0.1, 0.15) is 40.4 Å². The SMILES string of the molecule is CCc1nc2sc([C@H](c3ccccc3Cl)N3CCc4ccccc4C3)c(O)n2n1. The lowest BCUT2D eigenvalue weighted by Gasteiger charge is -2.35. The zero-order valence-corrected chi connectivity index (χ0v) is 17.6. The summed E-state index contributed by atoms with van der Waals surface area (Å²) in [4.78, 5) is 8.48. The van der Waals surface area contributed by atoms with Crippen LogP contribution in [0.4, 0.5) is 0 Å². The molecule has 2 aromatic carbocycles. The minimum Gasteiger partial charge on any atom is -0.492 e. The van der Waals surface area contributed by atoms with E-state index >= 15 is 0 Å². The van der Waals surface area contributed by atoms with Gasteiger partial charge in [-0.2, -0.15) is 4.52 Å². The number of thiazole rings is 1. The minimum atomic E-state index is -0.157. The molecule has 0 amide bonds. The van der Waals surface area contributed by atoms with Crippen molar-refractivity contribution in [2.75, 3.05) is 6.54 Å². The van der Waals surface area contributed by atoms with Crippen LogP contribution in [0.15, 0.2) is 48.5 Å². The van der Waals surface area contributed by atoms with Crippen LogP contribution in [0, 0.1) is 0 Å². The van der Waals surface area contributed by atoms with Gasteiger partial charge in [-0.05, 0) is 29.2 Å². The van der Waals surface area contributed by atoms with Crippen molar-refractivity contribution in [3.63, 3.8) is 0 Å². The van der Waals surface area contributed by atoms with Crippen molar-refractivity contribution in [2.45, 2.75) is 32.4 Å². The summed E-state index contributed by atoms with van der Waals surface area (Å²) in [7, 11) is 0. The Morgan fingerprint density at radius 1 is 1.14 bits per heavy atom. The Morgan fingerprint density at radius 2 is 1.90 bits per heavy atom. The summed E-state index contributed by atoms with van der Waals surface area (Å²) in [5.41, 5.74) is 3.70. The number of benzene rings is 2. The number of fused-ring (bicyclic) bond motifs is 2. The molecule has 3 heterocycles. The zero-order chi connectivity index (χ0) is 20.0. The van der Waals surface area contributed by atoms with Crippen molar-refractivity contribution < 1.29 is 5.11 Å². The van der Waals surface area contributed by atoms with Crippen molar-refractivity contribution in [3.8, 4) is 5.88 Å². The standard InChI is InChI=1S/C22H21ClN4OS/c1-2-18-24-22-27(25-18)21(28)20(29-22)19(16-9-5-6-10-17(16)23)26-12-11-14-7-3-4-8-15(14)13-26/h3-10,19,28H,2,11-13H2,1H3/t19-/m0/s1. The Balaban J connectivity index is 1.63. The molecule has 0 saturated carbocycles. The molecule has 0 bridgehead atoms. The average molecular weight is 425 g/mol. The number of nitrogens with zero attached hydrogens (tertiary/aromatic N) is 4. The van der Waals surface area contributed by atoms with E-state index in [0.29, 0.717) is 9.98 Å². The van der Waals surface area contributed by atoms with Gasteiger partial charge in [0.05, 0.1) is 10.9 Å². The Hall–Kier alpha value is -2.41. The molecule has 0 unspecified atom stereocenters. The molecule has 0 aliphatic carbocycles. The second-order valence-corrected chi connectivity index (χ2v) is 8.70. The second kappa shape index (κ2) is 7.44. The van der Waals surface area contributed by atoms with Gasteiger partial charge in [0.15, 0.2) is 5.82 Å². The van der Waals surface area contributed by atoms with E-state index in [1.54, 1.807) is 4.52 Å². The lowest BCUT2D eigenvalue weighted by atomic mass is 9.95. The molecule has 1 N–H and O–H groups in total. The first-order valence-electron chi connectivity index (χ1n) is 9.78. The molecule has 1 aliphatic rings. The van der Waals surface area contributed by atoms with Crippen LogP contribution >= 0.6 is 22.9 Å². The summed E-state index contributed by atoms with van der Waals surface area (Å²) in [6, 6.07) is 16.3. The van der Waals surface area contributed by atoms with Crippen molar-refractivity contribution in [2.24, 2.45) is 0 Å².